The van der Waals surface area contributed by atoms with E-state index in [1.54, 1.807) is 18.3 Å². The first-order valence-corrected chi connectivity index (χ1v) is 8.45. The molecular weight excluding hydrogens is 338 g/mol. The van der Waals surface area contributed by atoms with Crippen LogP contribution in [0, 0.1) is 0 Å². The minimum absolute atomic E-state index is 0. The number of benzene rings is 1. The Labute approximate surface area is 153 Å². The fourth-order valence-corrected chi connectivity index (χ4v) is 3.01. The maximum Gasteiger partial charge on any atom is 0.252 e. The van der Waals surface area contributed by atoms with E-state index in [4.69, 9.17) is 16.3 Å². The van der Waals surface area contributed by atoms with Gasteiger partial charge in [-0.3, -0.25) is 9.78 Å². The first-order chi connectivity index (χ1) is 11.8. The highest BCUT2D eigenvalue weighted by Gasteiger charge is 2.16. The summed E-state index contributed by atoms with van der Waals surface area (Å²) in [6, 6.07) is 7.42. The largest absolute Gasteiger partial charge is 0.490 e. The predicted molar refractivity (Wildman–Crippen MR) is 101 cm³/mol. The zero-order valence-electron chi connectivity index (χ0n) is 13.3. The van der Waals surface area contributed by atoms with Gasteiger partial charge in [-0.15, -0.1) is 0 Å². The van der Waals surface area contributed by atoms with Gasteiger partial charge in [-0.25, -0.2) is 0 Å². The van der Waals surface area contributed by atoms with Crippen molar-refractivity contribution in [2.24, 2.45) is 0 Å². The van der Waals surface area contributed by atoms with E-state index in [1.165, 1.54) is 17.3 Å². The van der Waals surface area contributed by atoms with Crippen molar-refractivity contribution in [3.63, 3.8) is 0 Å². The van der Waals surface area contributed by atoms with Crippen molar-refractivity contribution in [3.8, 4) is 5.75 Å². The van der Waals surface area contributed by atoms with Gasteiger partial charge < -0.3 is 15.4 Å². The van der Waals surface area contributed by atoms with Crippen LogP contribution in [0.4, 0.5) is 0 Å². The summed E-state index contributed by atoms with van der Waals surface area (Å²) in [7, 11) is 0. The molecule has 0 fully saturated rings. The summed E-state index contributed by atoms with van der Waals surface area (Å²) in [5, 5.41) is 6.82. The van der Waals surface area contributed by atoms with Gasteiger partial charge in [-0.05, 0) is 49.7 Å². The summed E-state index contributed by atoms with van der Waals surface area (Å²) in [5.41, 5.74) is 2.99. The third kappa shape index (κ3) is 4.94. The van der Waals surface area contributed by atoms with Gasteiger partial charge in [-0.1, -0.05) is 25.1 Å². The zero-order valence-corrected chi connectivity index (χ0v) is 14.1. The van der Waals surface area contributed by atoms with E-state index in [1.807, 2.05) is 6.07 Å². The molecule has 0 atom stereocenters. The fraction of sp³-hybridized carbons (Fsp3) is 0.368. The van der Waals surface area contributed by atoms with E-state index in [0.29, 0.717) is 23.7 Å². The lowest BCUT2D eigenvalue weighted by atomic mass is 10.0. The molecule has 1 aliphatic rings. The van der Waals surface area contributed by atoms with Crippen LogP contribution in [0.5, 0.6) is 5.75 Å². The molecular formula is C19H24ClN3O2. The molecule has 0 bridgehead atoms. The van der Waals surface area contributed by atoms with Gasteiger partial charge in [0.1, 0.15) is 12.4 Å². The number of carbonyl (C=O) groups excluding carboxylic acids is 1. The number of hydrogen-bond acceptors (Lipinski definition) is 4. The van der Waals surface area contributed by atoms with E-state index in [-0.39, 0.29) is 13.3 Å². The number of halogens is 1. The van der Waals surface area contributed by atoms with Gasteiger partial charge in [0.15, 0.2) is 0 Å². The zero-order chi connectivity index (χ0) is 16.8. The van der Waals surface area contributed by atoms with E-state index in [0.717, 1.165) is 31.7 Å². The third-order valence-corrected chi connectivity index (χ3v) is 4.29. The lowest BCUT2D eigenvalue weighted by Gasteiger charge is -2.15. The highest BCUT2D eigenvalue weighted by atomic mass is 35.5. The normalized spacial score (nSPS) is 13.2. The minimum atomic E-state index is -0.158. The molecule has 1 aliphatic heterocycles. The van der Waals surface area contributed by atoms with Crippen LogP contribution in [-0.2, 0) is 12.8 Å². The molecule has 0 saturated heterocycles. The topological polar surface area (TPSA) is 63.2 Å². The van der Waals surface area contributed by atoms with Gasteiger partial charge in [0.25, 0.3) is 5.91 Å². The summed E-state index contributed by atoms with van der Waals surface area (Å²) >= 11 is 6.31. The molecule has 0 unspecified atom stereocenters. The quantitative estimate of drug-likeness (QED) is 0.804. The van der Waals surface area contributed by atoms with E-state index >= 15 is 0 Å². The predicted octanol–water partition coefficient (Wildman–Crippen LogP) is 2.87. The lowest BCUT2D eigenvalue weighted by molar-refractivity contribution is 0.0946. The maximum atomic E-state index is 12.0. The minimum Gasteiger partial charge on any atom is -0.490 e. The molecule has 1 amide bonds. The number of pyridine rings is 1. The first-order valence-electron chi connectivity index (χ1n) is 8.07. The number of fused-ring (bicyclic) bond motifs is 1. The molecule has 25 heavy (non-hydrogen) atoms. The van der Waals surface area contributed by atoms with Crippen molar-refractivity contribution in [2.45, 2.75) is 20.3 Å². The molecule has 2 heterocycles. The number of rotatable bonds is 5. The summed E-state index contributed by atoms with van der Waals surface area (Å²) in [6.07, 6.45) is 5.04. The molecule has 5 nitrogen and oxygen atoms in total. The maximum absolute atomic E-state index is 12.0. The van der Waals surface area contributed by atoms with Crippen molar-refractivity contribution >= 4 is 17.5 Å². The Balaban J connectivity index is 0.00000225. The SMILES string of the molecule is C.O=C(NCCOc1c(Cl)ccc2c1CCNCC2)c1cccnc1. The molecule has 0 aliphatic carbocycles. The molecule has 3 rings (SSSR count). The Hall–Kier alpha value is -2.11. The van der Waals surface area contributed by atoms with Crippen molar-refractivity contribution in [2.75, 3.05) is 26.2 Å². The molecule has 1 aromatic carbocycles. The molecule has 0 spiro atoms. The second kappa shape index (κ2) is 9.39. The average Bonchev–Trinajstić information content (AvgIpc) is 2.86. The Morgan fingerprint density at radius 3 is 2.92 bits per heavy atom. The van der Waals surface area contributed by atoms with Crippen LogP contribution >= 0.6 is 11.6 Å². The summed E-state index contributed by atoms with van der Waals surface area (Å²) < 4.78 is 5.89. The Bertz CT molecular complexity index is 707. The van der Waals surface area contributed by atoms with Gasteiger partial charge in [0.05, 0.1) is 17.1 Å². The smallest absolute Gasteiger partial charge is 0.252 e. The molecule has 2 N–H and O–H groups in total. The van der Waals surface area contributed by atoms with Crippen LogP contribution in [0.25, 0.3) is 0 Å². The second-order valence-corrected chi connectivity index (χ2v) is 6.02. The number of ether oxygens (including phenoxy) is 1. The van der Waals surface area contributed by atoms with Crippen LogP contribution in [0.3, 0.4) is 0 Å². The van der Waals surface area contributed by atoms with Crippen LogP contribution in [0.2, 0.25) is 5.02 Å². The highest BCUT2D eigenvalue weighted by Crippen LogP contribution is 2.32. The van der Waals surface area contributed by atoms with Gasteiger partial charge in [0, 0.05) is 18.0 Å². The van der Waals surface area contributed by atoms with Crippen LogP contribution in [0.15, 0.2) is 36.7 Å². The Morgan fingerprint density at radius 2 is 2.12 bits per heavy atom. The number of carbonyl (C=O) groups is 1. The number of nitrogens with one attached hydrogen (secondary N) is 2. The Kier molecular flexibility index (Phi) is 7.22. The summed E-state index contributed by atoms with van der Waals surface area (Å²) in [4.78, 5) is 15.9. The second-order valence-electron chi connectivity index (χ2n) is 5.61. The standard InChI is InChI=1S/C18H20ClN3O2.CH4/c19-16-4-3-13-5-8-20-9-6-15(13)17(16)24-11-10-22-18(23)14-2-1-7-21-12-14;/h1-4,7,12,20H,5-6,8-11H2,(H,22,23);1H4. The molecule has 1 aromatic heterocycles. The highest BCUT2D eigenvalue weighted by molar-refractivity contribution is 6.32. The average molecular weight is 362 g/mol. The molecule has 134 valence electrons. The fourth-order valence-electron chi connectivity index (χ4n) is 2.78. The van der Waals surface area contributed by atoms with Crippen molar-refractivity contribution in [3.05, 3.63) is 58.4 Å². The van der Waals surface area contributed by atoms with E-state index in [2.05, 4.69) is 21.7 Å². The molecule has 6 heteroatoms. The Morgan fingerprint density at radius 1 is 1.28 bits per heavy atom. The number of amides is 1. The van der Waals surface area contributed by atoms with Gasteiger partial charge in [-0.2, -0.15) is 0 Å². The van der Waals surface area contributed by atoms with Crippen molar-refractivity contribution in [1.82, 2.24) is 15.6 Å². The van der Waals surface area contributed by atoms with Crippen molar-refractivity contribution < 1.29 is 9.53 Å². The molecule has 0 radical (unpaired) electrons. The summed E-state index contributed by atoms with van der Waals surface area (Å²) in [6.45, 7) is 2.66. The van der Waals surface area contributed by atoms with Crippen LogP contribution < -0.4 is 15.4 Å². The number of nitrogens with zero attached hydrogens (tertiary/aromatic N) is 1. The lowest BCUT2D eigenvalue weighted by Crippen LogP contribution is -2.28. The van der Waals surface area contributed by atoms with Crippen LogP contribution in [-0.4, -0.2) is 37.1 Å². The molecule has 0 saturated carbocycles. The third-order valence-electron chi connectivity index (χ3n) is 3.99. The van der Waals surface area contributed by atoms with Gasteiger partial charge in [0.2, 0.25) is 0 Å². The van der Waals surface area contributed by atoms with E-state index < -0.39 is 0 Å². The first kappa shape index (κ1) is 19.2. The van der Waals surface area contributed by atoms with Gasteiger partial charge >= 0.3 is 0 Å². The monoisotopic (exact) mass is 361 g/mol. The number of hydrogen-bond donors (Lipinski definition) is 2. The van der Waals surface area contributed by atoms with Crippen molar-refractivity contribution in [1.29, 1.82) is 0 Å². The van der Waals surface area contributed by atoms with Crippen LogP contribution in [0.1, 0.15) is 28.9 Å². The summed E-state index contributed by atoms with van der Waals surface area (Å²) in [5.74, 6) is 0.586. The molecule has 2 aromatic rings. The number of aromatic nitrogens is 1. The van der Waals surface area contributed by atoms with E-state index in [9.17, 15) is 4.79 Å².